The Morgan fingerprint density at radius 1 is 1.12 bits per heavy atom. The molecule has 0 aromatic heterocycles. The van der Waals surface area contributed by atoms with Gasteiger partial charge in [0, 0.05) is 38.4 Å². The summed E-state index contributed by atoms with van der Waals surface area (Å²) in [5, 5.41) is 9.13. The number of benzene rings is 1. The summed E-state index contributed by atoms with van der Waals surface area (Å²) in [6.07, 6.45) is 0.811. The predicted octanol–water partition coefficient (Wildman–Crippen LogP) is 1.49. The lowest BCUT2D eigenvalue weighted by atomic mass is 9.93. The Morgan fingerprint density at radius 3 is 2.36 bits per heavy atom. The van der Waals surface area contributed by atoms with Gasteiger partial charge >= 0.3 is 0 Å². The van der Waals surface area contributed by atoms with E-state index >= 15 is 0 Å². The van der Waals surface area contributed by atoms with E-state index in [-0.39, 0.29) is 17.9 Å². The Labute approximate surface area is 148 Å². The number of carbonyl (C=O) groups is 2. The van der Waals surface area contributed by atoms with Crippen molar-refractivity contribution in [3.8, 4) is 6.07 Å². The van der Waals surface area contributed by atoms with E-state index in [0.717, 1.165) is 18.7 Å². The standard InChI is InChI=1S/C19H24N4O2/c1-19(2,14-20)18(25)22-12-10-21(11-13-22)16-8-9-23(17(16)24)15-6-4-3-5-7-15/h3-7,16H,8-13H2,1-2H3/t16-/m0/s1. The van der Waals surface area contributed by atoms with E-state index in [4.69, 9.17) is 5.26 Å². The highest BCUT2D eigenvalue weighted by Gasteiger charge is 2.39. The maximum Gasteiger partial charge on any atom is 0.244 e. The van der Waals surface area contributed by atoms with Crippen molar-refractivity contribution in [3.63, 3.8) is 0 Å². The largest absolute Gasteiger partial charge is 0.339 e. The molecule has 0 aliphatic carbocycles. The summed E-state index contributed by atoms with van der Waals surface area (Å²) < 4.78 is 0. The first kappa shape index (κ1) is 17.4. The Hall–Kier alpha value is -2.39. The molecule has 1 aromatic rings. The number of amides is 2. The second-order valence-electron chi connectivity index (χ2n) is 7.19. The lowest BCUT2D eigenvalue weighted by Gasteiger charge is -2.38. The number of nitrogens with zero attached hydrogens (tertiary/aromatic N) is 4. The van der Waals surface area contributed by atoms with Crippen molar-refractivity contribution in [1.82, 2.24) is 9.80 Å². The fourth-order valence-electron chi connectivity index (χ4n) is 3.55. The third kappa shape index (κ3) is 3.38. The Bertz CT molecular complexity index is 687. The SMILES string of the molecule is CC(C)(C#N)C(=O)N1CCN([C@H]2CCN(c3ccccc3)C2=O)CC1. The van der Waals surface area contributed by atoms with Crippen molar-refractivity contribution in [3.05, 3.63) is 30.3 Å². The molecule has 0 spiro atoms. The molecule has 2 heterocycles. The predicted molar refractivity (Wildman–Crippen MR) is 94.7 cm³/mol. The fraction of sp³-hybridized carbons (Fsp3) is 0.526. The summed E-state index contributed by atoms with van der Waals surface area (Å²) in [6.45, 7) is 6.52. The van der Waals surface area contributed by atoms with Crippen molar-refractivity contribution < 1.29 is 9.59 Å². The fourth-order valence-corrected chi connectivity index (χ4v) is 3.55. The van der Waals surface area contributed by atoms with Crippen LogP contribution in [0, 0.1) is 16.7 Å². The van der Waals surface area contributed by atoms with Gasteiger partial charge < -0.3 is 9.80 Å². The van der Waals surface area contributed by atoms with Crippen LogP contribution in [0.15, 0.2) is 30.3 Å². The highest BCUT2D eigenvalue weighted by molar-refractivity contribution is 5.99. The Balaban J connectivity index is 1.60. The Kier molecular flexibility index (Phi) is 4.78. The van der Waals surface area contributed by atoms with Gasteiger partial charge in [0.25, 0.3) is 0 Å². The number of hydrogen-bond donors (Lipinski definition) is 0. The molecule has 2 aliphatic heterocycles. The molecular formula is C19H24N4O2. The molecule has 1 atom stereocenters. The molecule has 1 aromatic carbocycles. The van der Waals surface area contributed by atoms with Crippen LogP contribution in [-0.4, -0.2) is 60.4 Å². The number of rotatable bonds is 3. The molecule has 6 nitrogen and oxygen atoms in total. The van der Waals surface area contributed by atoms with Gasteiger partial charge in [-0.05, 0) is 32.4 Å². The van der Waals surface area contributed by atoms with E-state index in [0.29, 0.717) is 26.2 Å². The van der Waals surface area contributed by atoms with Gasteiger partial charge in [-0.1, -0.05) is 18.2 Å². The number of hydrogen-bond acceptors (Lipinski definition) is 4. The maximum atomic E-state index is 12.8. The van der Waals surface area contributed by atoms with Crippen molar-refractivity contribution in [2.45, 2.75) is 26.3 Å². The normalized spacial score (nSPS) is 22.1. The van der Waals surface area contributed by atoms with Gasteiger partial charge in [-0.3, -0.25) is 14.5 Å². The Morgan fingerprint density at radius 2 is 1.76 bits per heavy atom. The van der Waals surface area contributed by atoms with Gasteiger partial charge in [0.15, 0.2) is 0 Å². The zero-order chi connectivity index (χ0) is 18.0. The summed E-state index contributed by atoms with van der Waals surface area (Å²) in [4.78, 5) is 30.9. The summed E-state index contributed by atoms with van der Waals surface area (Å²) in [5.74, 6) is 0.0154. The molecule has 25 heavy (non-hydrogen) atoms. The number of piperazine rings is 1. The lowest BCUT2D eigenvalue weighted by Crippen LogP contribution is -2.55. The molecule has 2 saturated heterocycles. The second-order valence-corrected chi connectivity index (χ2v) is 7.19. The molecule has 0 N–H and O–H groups in total. The van der Waals surface area contributed by atoms with Crippen molar-refractivity contribution in [2.75, 3.05) is 37.6 Å². The second kappa shape index (κ2) is 6.85. The van der Waals surface area contributed by atoms with Gasteiger partial charge in [-0.15, -0.1) is 0 Å². The smallest absolute Gasteiger partial charge is 0.244 e. The molecule has 6 heteroatoms. The first-order valence-electron chi connectivity index (χ1n) is 8.75. The maximum absolute atomic E-state index is 12.8. The number of carbonyl (C=O) groups excluding carboxylic acids is 2. The highest BCUT2D eigenvalue weighted by atomic mass is 16.2. The van der Waals surface area contributed by atoms with Gasteiger partial charge in [0.05, 0.1) is 12.1 Å². The third-order valence-electron chi connectivity index (χ3n) is 5.10. The van der Waals surface area contributed by atoms with Crippen LogP contribution in [0.25, 0.3) is 0 Å². The van der Waals surface area contributed by atoms with Crippen LogP contribution in [0.3, 0.4) is 0 Å². The first-order chi connectivity index (χ1) is 11.9. The number of nitriles is 1. The molecule has 0 saturated carbocycles. The number of anilines is 1. The van der Waals surface area contributed by atoms with Crippen molar-refractivity contribution in [2.24, 2.45) is 5.41 Å². The van der Waals surface area contributed by atoms with E-state index in [1.54, 1.807) is 18.7 Å². The molecule has 2 aliphatic rings. The lowest BCUT2D eigenvalue weighted by molar-refractivity contribution is -0.140. The zero-order valence-corrected chi connectivity index (χ0v) is 14.8. The van der Waals surface area contributed by atoms with Crippen LogP contribution in [0.5, 0.6) is 0 Å². The van der Waals surface area contributed by atoms with Gasteiger partial charge in [0.1, 0.15) is 5.41 Å². The topological polar surface area (TPSA) is 67.7 Å². The highest BCUT2D eigenvalue weighted by Crippen LogP contribution is 2.26. The summed E-state index contributed by atoms with van der Waals surface area (Å²) in [6, 6.07) is 11.7. The van der Waals surface area contributed by atoms with Crippen LogP contribution in [0.1, 0.15) is 20.3 Å². The molecular weight excluding hydrogens is 316 g/mol. The monoisotopic (exact) mass is 340 g/mol. The average molecular weight is 340 g/mol. The van der Waals surface area contributed by atoms with Gasteiger partial charge in [-0.25, -0.2) is 0 Å². The van der Waals surface area contributed by atoms with Crippen LogP contribution in [-0.2, 0) is 9.59 Å². The van der Waals surface area contributed by atoms with Crippen LogP contribution < -0.4 is 4.90 Å². The van der Waals surface area contributed by atoms with Crippen LogP contribution >= 0.6 is 0 Å². The first-order valence-corrected chi connectivity index (χ1v) is 8.75. The minimum atomic E-state index is -0.991. The molecule has 0 bridgehead atoms. The summed E-state index contributed by atoms with van der Waals surface area (Å²) >= 11 is 0. The molecule has 3 rings (SSSR count). The molecule has 2 amide bonds. The third-order valence-corrected chi connectivity index (χ3v) is 5.10. The van der Waals surface area contributed by atoms with E-state index in [9.17, 15) is 9.59 Å². The van der Waals surface area contributed by atoms with Gasteiger partial charge in [0.2, 0.25) is 11.8 Å². The van der Waals surface area contributed by atoms with Crippen molar-refractivity contribution in [1.29, 1.82) is 5.26 Å². The molecule has 0 radical (unpaired) electrons. The van der Waals surface area contributed by atoms with Crippen LogP contribution in [0.2, 0.25) is 0 Å². The van der Waals surface area contributed by atoms with Gasteiger partial charge in [-0.2, -0.15) is 5.26 Å². The quantitative estimate of drug-likeness (QED) is 0.836. The summed E-state index contributed by atoms with van der Waals surface area (Å²) in [7, 11) is 0. The molecule has 0 unspecified atom stereocenters. The molecule has 132 valence electrons. The minimum absolute atomic E-state index is 0.110. The van der Waals surface area contributed by atoms with E-state index < -0.39 is 5.41 Å². The average Bonchev–Trinajstić information content (AvgIpc) is 3.03. The van der Waals surface area contributed by atoms with Crippen molar-refractivity contribution >= 4 is 17.5 Å². The summed E-state index contributed by atoms with van der Waals surface area (Å²) in [5.41, 5.74) is -0.0466. The van der Waals surface area contributed by atoms with Crippen LogP contribution in [0.4, 0.5) is 5.69 Å². The number of para-hydroxylation sites is 1. The van der Waals surface area contributed by atoms with E-state index in [1.165, 1.54) is 0 Å². The zero-order valence-electron chi connectivity index (χ0n) is 14.8. The van der Waals surface area contributed by atoms with E-state index in [1.807, 2.05) is 35.2 Å². The van der Waals surface area contributed by atoms with E-state index in [2.05, 4.69) is 11.0 Å². The molecule has 2 fully saturated rings. The minimum Gasteiger partial charge on any atom is -0.339 e.